The van der Waals surface area contributed by atoms with Crippen LogP contribution >= 0.6 is 11.8 Å². The Bertz CT molecular complexity index is 416. The molecule has 18 heavy (non-hydrogen) atoms. The predicted octanol–water partition coefficient (Wildman–Crippen LogP) is 3.70. The van der Waals surface area contributed by atoms with Crippen LogP contribution in [-0.2, 0) is 0 Å². The van der Waals surface area contributed by atoms with Crippen molar-refractivity contribution in [3.63, 3.8) is 0 Å². The average Bonchev–Trinajstić information content (AvgIpc) is 2.34. The molecular formula is C11H14F2N2O2S. The van der Waals surface area contributed by atoms with Crippen molar-refractivity contribution in [2.75, 3.05) is 23.9 Å². The van der Waals surface area contributed by atoms with Gasteiger partial charge in [0.2, 0.25) is 0 Å². The predicted molar refractivity (Wildman–Crippen MR) is 69.5 cm³/mol. The van der Waals surface area contributed by atoms with Crippen LogP contribution in [-0.4, -0.2) is 23.5 Å². The van der Waals surface area contributed by atoms with Gasteiger partial charge in [0, 0.05) is 18.2 Å². The van der Waals surface area contributed by atoms with Crippen molar-refractivity contribution in [3.8, 4) is 0 Å². The molecule has 0 atom stereocenters. The molecule has 0 aliphatic rings. The van der Waals surface area contributed by atoms with Crippen LogP contribution in [0.1, 0.15) is 18.4 Å². The molecule has 1 rings (SSSR count). The number of alkyl halides is 2. The van der Waals surface area contributed by atoms with Crippen LogP contribution in [0.3, 0.4) is 0 Å². The number of nitro benzene ring substituents is 1. The molecule has 0 heterocycles. The van der Waals surface area contributed by atoms with Gasteiger partial charge in [0.25, 0.3) is 12.1 Å². The van der Waals surface area contributed by atoms with Crippen molar-refractivity contribution in [2.24, 2.45) is 0 Å². The Labute approximate surface area is 108 Å². The van der Waals surface area contributed by atoms with E-state index >= 15 is 0 Å². The van der Waals surface area contributed by atoms with E-state index < -0.39 is 11.3 Å². The van der Waals surface area contributed by atoms with Crippen LogP contribution in [0.2, 0.25) is 0 Å². The zero-order chi connectivity index (χ0) is 13.5. The van der Waals surface area contributed by atoms with Gasteiger partial charge in [-0.05, 0) is 24.5 Å². The number of benzene rings is 1. The summed E-state index contributed by atoms with van der Waals surface area (Å²) >= 11 is 1.68. The molecule has 7 heteroatoms. The Morgan fingerprint density at radius 2 is 2.22 bits per heavy atom. The molecule has 0 aromatic heterocycles. The summed E-state index contributed by atoms with van der Waals surface area (Å²) in [5, 5.41) is 13.7. The summed E-state index contributed by atoms with van der Waals surface area (Å²) in [5.74, 6) is 0.940. The minimum absolute atomic E-state index is 0.283. The zero-order valence-electron chi connectivity index (χ0n) is 9.86. The molecule has 1 aromatic carbocycles. The second kappa shape index (κ2) is 7.15. The van der Waals surface area contributed by atoms with E-state index in [1.165, 1.54) is 12.1 Å². The lowest BCUT2D eigenvalue weighted by Gasteiger charge is -2.08. The second-order valence-electron chi connectivity index (χ2n) is 3.61. The largest absolute Gasteiger partial charge is 0.379 e. The van der Waals surface area contributed by atoms with Gasteiger partial charge < -0.3 is 5.32 Å². The molecule has 0 amide bonds. The highest BCUT2D eigenvalue weighted by Gasteiger charge is 2.17. The van der Waals surface area contributed by atoms with Gasteiger partial charge in [-0.3, -0.25) is 10.1 Å². The normalized spacial score (nSPS) is 10.7. The summed E-state index contributed by atoms with van der Waals surface area (Å²) in [6.07, 6.45) is 0.128. The molecule has 1 aromatic rings. The average molecular weight is 276 g/mol. The molecule has 0 unspecified atom stereocenters. The van der Waals surface area contributed by atoms with Gasteiger partial charge in [0.15, 0.2) is 0 Å². The number of nitrogens with zero attached hydrogens (tertiary/aromatic N) is 1. The summed E-state index contributed by atoms with van der Waals surface area (Å²) in [6.45, 7) is 0.579. The Kier molecular flexibility index (Phi) is 5.84. The van der Waals surface area contributed by atoms with Crippen LogP contribution < -0.4 is 5.32 Å². The minimum Gasteiger partial charge on any atom is -0.379 e. The van der Waals surface area contributed by atoms with Gasteiger partial charge >= 0.3 is 0 Å². The van der Waals surface area contributed by atoms with E-state index in [2.05, 4.69) is 5.32 Å². The van der Waals surface area contributed by atoms with Crippen LogP contribution in [0.25, 0.3) is 0 Å². The first-order valence-corrected chi connectivity index (χ1v) is 6.75. The molecule has 0 spiro atoms. The second-order valence-corrected chi connectivity index (χ2v) is 4.59. The Morgan fingerprint density at radius 1 is 1.50 bits per heavy atom. The fourth-order valence-electron chi connectivity index (χ4n) is 1.42. The van der Waals surface area contributed by atoms with Crippen molar-refractivity contribution in [1.82, 2.24) is 0 Å². The van der Waals surface area contributed by atoms with Gasteiger partial charge in [-0.25, -0.2) is 8.78 Å². The maximum atomic E-state index is 12.4. The summed E-state index contributed by atoms with van der Waals surface area (Å²) in [4.78, 5) is 10.2. The highest BCUT2D eigenvalue weighted by molar-refractivity contribution is 7.98. The Balaban J connectivity index is 2.80. The smallest absolute Gasteiger partial charge is 0.292 e. The molecule has 0 bridgehead atoms. The number of nitrogens with one attached hydrogen (secondary N) is 1. The number of halogens is 2. The summed E-state index contributed by atoms with van der Waals surface area (Å²) in [6, 6.07) is 3.45. The monoisotopic (exact) mass is 276 g/mol. The van der Waals surface area contributed by atoms with Gasteiger partial charge in [-0.1, -0.05) is 6.07 Å². The fourth-order valence-corrected chi connectivity index (χ4v) is 1.86. The summed E-state index contributed by atoms with van der Waals surface area (Å²) in [7, 11) is 0. The summed E-state index contributed by atoms with van der Waals surface area (Å²) < 4.78 is 24.9. The topological polar surface area (TPSA) is 55.2 Å². The fraction of sp³-hybridized carbons (Fsp3) is 0.455. The van der Waals surface area contributed by atoms with E-state index in [4.69, 9.17) is 0 Å². The van der Waals surface area contributed by atoms with E-state index in [0.29, 0.717) is 6.54 Å². The number of hydrogen-bond donors (Lipinski definition) is 1. The van der Waals surface area contributed by atoms with Crippen molar-refractivity contribution in [3.05, 3.63) is 33.9 Å². The van der Waals surface area contributed by atoms with Gasteiger partial charge in [0.1, 0.15) is 5.69 Å². The van der Waals surface area contributed by atoms with E-state index in [-0.39, 0.29) is 16.9 Å². The molecule has 4 nitrogen and oxygen atoms in total. The van der Waals surface area contributed by atoms with E-state index in [1.807, 2.05) is 6.26 Å². The minimum atomic E-state index is -2.70. The third kappa shape index (κ3) is 4.14. The summed E-state index contributed by atoms with van der Waals surface area (Å²) in [5.41, 5.74) is -0.362. The Morgan fingerprint density at radius 3 is 2.78 bits per heavy atom. The lowest BCUT2D eigenvalue weighted by Crippen LogP contribution is -2.05. The molecule has 0 aliphatic carbocycles. The van der Waals surface area contributed by atoms with Crippen molar-refractivity contribution in [1.29, 1.82) is 0 Å². The highest BCUT2D eigenvalue weighted by atomic mass is 32.2. The molecule has 0 aliphatic heterocycles. The number of thioether (sulfide) groups is 1. The SMILES string of the molecule is CSCCCNc1ccc(C(F)F)cc1[N+](=O)[O-]. The molecular weight excluding hydrogens is 262 g/mol. The Hall–Kier alpha value is -1.37. The standard InChI is InChI=1S/C11H14F2N2O2S/c1-18-6-2-5-14-9-4-3-8(11(12)13)7-10(9)15(16)17/h3-4,7,11,14H,2,5-6H2,1H3. The van der Waals surface area contributed by atoms with E-state index in [1.54, 1.807) is 11.8 Å². The maximum Gasteiger partial charge on any atom is 0.292 e. The molecule has 100 valence electrons. The highest BCUT2D eigenvalue weighted by Crippen LogP contribution is 2.29. The van der Waals surface area contributed by atoms with Crippen molar-refractivity contribution in [2.45, 2.75) is 12.8 Å². The molecule has 0 saturated heterocycles. The molecule has 0 radical (unpaired) electrons. The van der Waals surface area contributed by atoms with Gasteiger partial charge in [0.05, 0.1) is 4.92 Å². The lowest BCUT2D eigenvalue weighted by atomic mass is 10.1. The maximum absolute atomic E-state index is 12.4. The van der Waals surface area contributed by atoms with Crippen LogP contribution in [0.4, 0.5) is 20.2 Å². The third-order valence-electron chi connectivity index (χ3n) is 2.31. The molecule has 0 saturated carbocycles. The van der Waals surface area contributed by atoms with E-state index in [0.717, 1.165) is 18.2 Å². The number of anilines is 1. The first-order chi connectivity index (χ1) is 8.56. The van der Waals surface area contributed by atoms with E-state index in [9.17, 15) is 18.9 Å². The first-order valence-electron chi connectivity index (χ1n) is 5.35. The van der Waals surface area contributed by atoms with Gasteiger partial charge in [-0.2, -0.15) is 11.8 Å². The molecule has 1 N–H and O–H groups in total. The zero-order valence-corrected chi connectivity index (χ0v) is 10.7. The van der Waals surface area contributed by atoms with Crippen LogP contribution in [0.5, 0.6) is 0 Å². The lowest BCUT2D eigenvalue weighted by molar-refractivity contribution is -0.384. The van der Waals surface area contributed by atoms with Crippen molar-refractivity contribution < 1.29 is 13.7 Å². The van der Waals surface area contributed by atoms with Crippen molar-refractivity contribution >= 4 is 23.1 Å². The molecule has 0 fully saturated rings. The van der Waals surface area contributed by atoms with Crippen LogP contribution in [0, 0.1) is 10.1 Å². The number of hydrogen-bond acceptors (Lipinski definition) is 4. The number of nitro groups is 1. The quantitative estimate of drug-likeness (QED) is 0.468. The first kappa shape index (κ1) is 14.7. The van der Waals surface area contributed by atoms with Crippen LogP contribution in [0.15, 0.2) is 18.2 Å². The number of rotatable bonds is 7. The third-order valence-corrected chi connectivity index (χ3v) is 3.01. The van der Waals surface area contributed by atoms with Gasteiger partial charge in [-0.15, -0.1) is 0 Å².